The van der Waals surface area contributed by atoms with Gasteiger partial charge in [0, 0.05) is 22.8 Å². The van der Waals surface area contributed by atoms with Gasteiger partial charge in [-0.1, -0.05) is 0 Å². The molecule has 0 saturated heterocycles. The lowest BCUT2D eigenvalue weighted by Gasteiger charge is -2.06. The molecule has 1 N–H and O–H groups in total. The van der Waals surface area contributed by atoms with Gasteiger partial charge >= 0.3 is 0 Å². The molecule has 0 fully saturated rings. The summed E-state index contributed by atoms with van der Waals surface area (Å²) in [5.41, 5.74) is 0.673. The lowest BCUT2D eigenvalue weighted by molar-refractivity contribution is 0.493. The molecule has 3 aromatic rings. The number of rotatable bonds is 1. The molecule has 0 saturated carbocycles. The van der Waals surface area contributed by atoms with Crippen LogP contribution in [0.5, 0.6) is 0 Å². The van der Waals surface area contributed by atoms with Crippen LogP contribution < -0.4 is 0 Å². The van der Waals surface area contributed by atoms with E-state index in [0.717, 1.165) is 6.07 Å². The number of pyridine rings is 1. The Morgan fingerprint density at radius 1 is 1.10 bits per heavy atom. The van der Waals surface area contributed by atoms with Crippen molar-refractivity contribution in [3.8, 4) is 5.69 Å². The maximum Gasteiger partial charge on any atom is 0.184 e. The van der Waals surface area contributed by atoms with E-state index in [4.69, 9.17) is 12.2 Å². The van der Waals surface area contributed by atoms with Crippen LogP contribution in [0.25, 0.3) is 16.9 Å². The summed E-state index contributed by atoms with van der Waals surface area (Å²) in [7, 11) is 0. The molecule has 3 rings (SSSR count). The van der Waals surface area contributed by atoms with E-state index in [2.05, 4.69) is 25.9 Å². The van der Waals surface area contributed by atoms with E-state index < -0.39 is 17.5 Å². The number of H-pyrrole nitrogens is 1. The van der Waals surface area contributed by atoms with Crippen LogP contribution in [0.2, 0.25) is 0 Å². The van der Waals surface area contributed by atoms with Crippen molar-refractivity contribution in [2.45, 2.75) is 0 Å². The summed E-state index contributed by atoms with van der Waals surface area (Å²) >= 11 is 8.33. The second-order valence-electron chi connectivity index (χ2n) is 4.01. The van der Waals surface area contributed by atoms with Crippen molar-refractivity contribution in [2.24, 2.45) is 0 Å². The number of hydrogen-bond acceptors (Lipinski definition) is 2. The first-order chi connectivity index (χ1) is 9.47. The first-order valence-electron chi connectivity index (χ1n) is 5.38. The van der Waals surface area contributed by atoms with Crippen LogP contribution in [0.3, 0.4) is 0 Å². The number of imidazole rings is 1. The Bertz CT molecular complexity index is 888. The molecule has 0 radical (unpaired) electrons. The van der Waals surface area contributed by atoms with Gasteiger partial charge in [0.25, 0.3) is 0 Å². The minimum Gasteiger partial charge on any atom is -0.329 e. The third-order valence-corrected chi connectivity index (χ3v) is 3.44. The molecule has 8 heteroatoms. The number of nitrogens with zero attached hydrogens (tertiary/aromatic N) is 2. The largest absolute Gasteiger partial charge is 0.329 e. The van der Waals surface area contributed by atoms with Gasteiger partial charge in [-0.2, -0.15) is 0 Å². The fourth-order valence-electron chi connectivity index (χ4n) is 1.88. The van der Waals surface area contributed by atoms with Crippen molar-refractivity contribution in [1.29, 1.82) is 0 Å². The highest BCUT2D eigenvalue weighted by Gasteiger charge is 2.15. The summed E-state index contributed by atoms with van der Waals surface area (Å²) < 4.78 is 42.2. The molecule has 20 heavy (non-hydrogen) atoms. The van der Waals surface area contributed by atoms with Crippen LogP contribution in [0.4, 0.5) is 13.2 Å². The van der Waals surface area contributed by atoms with Crippen molar-refractivity contribution < 1.29 is 13.2 Å². The van der Waals surface area contributed by atoms with Crippen molar-refractivity contribution >= 4 is 39.3 Å². The highest BCUT2D eigenvalue weighted by molar-refractivity contribution is 9.10. The molecule has 0 spiro atoms. The zero-order chi connectivity index (χ0) is 14.4. The minimum absolute atomic E-state index is 0.135. The zero-order valence-corrected chi connectivity index (χ0v) is 12.0. The van der Waals surface area contributed by atoms with E-state index in [9.17, 15) is 13.2 Å². The summed E-state index contributed by atoms with van der Waals surface area (Å²) in [5, 5.41) is 0. The van der Waals surface area contributed by atoms with Gasteiger partial charge in [-0.25, -0.2) is 18.2 Å². The SMILES string of the molecule is Fc1cc(F)c(-n2c(=S)[nH]c3cc(Br)cnc32)cc1F. The van der Waals surface area contributed by atoms with Gasteiger partial charge < -0.3 is 4.98 Å². The average Bonchev–Trinajstić information content (AvgIpc) is 2.69. The summed E-state index contributed by atoms with van der Waals surface area (Å²) in [6.07, 6.45) is 1.50. The highest BCUT2D eigenvalue weighted by Crippen LogP contribution is 2.24. The molecule has 0 aliphatic rings. The van der Waals surface area contributed by atoms with Crippen LogP contribution in [0.1, 0.15) is 0 Å². The summed E-state index contributed by atoms with van der Waals surface area (Å²) in [6, 6.07) is 2.92. The van der Waals surface area contributed by atoms with Crippen molar-refractivity contribution in [3.63, 3.8) is 0 Å². The van der Waals surface area contributed by atoms with Gasteiger partial charge in [0.05, 0.1) is 11.2 Å². The Labute approximate surface area is 124 Å². The van der Waals surface area contributed by atoms with E-state index in [1.165, 1.54) is 10.8 Å². The first kappa shape index (κ1) is 13.3. The van der Waals surface area contributed by atoms with E-state index in [-0.39, 0.29) is 10.5 Å². The molecule has 2 aromatic heterocycles. The van der Waals surface area contributed by atoms with Crippen LogP contribution in [0, 0.1) is 22.2 Å². The monoisotopic (exact) mass is 359 g/mol. The number of aromatic nitrogens is 3. The smallest absolute Gasteiger partial charge is 0.184 e. The van der Waals surface area contributed by atoms with Crippen molar-refractivity contribution in [1.82, 2.24) is 14.5 Å². The number of aromatic amines is 1. The van der Waals surface area contributed by atoms with Gasteiger partial charge in [0.1, 0.15) is 5.82 Å². The van der Waals surface area contributed by atoms with Crippen LogP contribution in [-0.2, 0) is 0 Å². The molecule has 0 atom stereocenters. The fraction of sp³-hybridized carbons (Fsp3) is 0. The molecule has 1 aromatic carbocycles. The third kappa shape index (κ3) is 2.04. The Balaban J connectivity index is 2.38. The van der Waals surface area contributed by atoms with Crippen LogP contribution in [-0.4, -0.2) is 14.5 Å². The Hall–Kier alpha value is -1.67. The number of nitrogens with one attached hydrogen (secondary N) is 1. The zero-order valence-electron chi connectivity index (χ0n) is 9.62. The van der Waals surface area contributed by atoms with Crippen molar-refractivity contribution in [2.75, 3.05) is 0 Å². The highest BCUT2D eigenvalue weighted by atomic mass is 79.9. The minimum atomic E-state index is -1.26. The lowest BCUT2D eigenvalue weighted by Crippen LogP contribution is -2.01. The number of fused-ring (bicyclic) bond motifs is 1. The number of hydrogen-bond donors (Lipinski definition) is 1. The molecule has 0 aliphatic carbocycles. The van der Waals surface area contributed by atoms with Crippen LogP contribution >= 0.6 is 28.1 Å². The van der Waals surface area contributed by atoms with Crippen LogP contribution in [0.15, 0.2) is 28.9 Å². The number of halogens is 4. The van der Waals surface area contributed by atoms with Gasteiger partial charge in [-0.05, 0) is 34.2 Å². The Kier molecular flexibility index (Phi) is 3.14. The Morgan fingerprint density at radius 3 is 2.55 bits per heavy atom. The summed E-state index contributed by atoms with van der Waals surface area (Å²) in [4.78, 5) is 6.94. The molecule has 0 bridgehead atoms. The van der Waals surface area contributed by atoms with E-state index in [1.807, 2.05) is 0 Å². The third-order valence-electron chi connectivity index (χ3n) is 2.72. The van der Waals surface area contributed by atoms with Gasteiger partial charge in [-0.15, -0.1) is 0 Å². The van der Waals surface area contributed by atoms with E-state index in [0.29, 0.717) is 21.7 Å². The lowest BCUT2D eigenvalue weighted by atomic mass is 10.2. The topological polar surface area (TPSA) is 33.6 Å². The molecule has 0 amide bonds. The maximum atomic E-state index is 13.9. The molecular weight excluding hydrogens is 355 g/mol. The van der Waals surface area contributed by atoms with Crippen molar-refractivity contribution in [3.05, 3.63) is 51.1 Å². The predicted molar refractivity (Wildman–Crippen MR) is 73.8 cm³/mol. The molecule has 3 nitrogen and oxygen atoms in total. The quantitative estimate of drug-likeness (QED) is 0.520. The normalized spacial score (nSPS) is 11.2. The van der Waals surface area contributed by atoms with Gasteiger partial charge in [0.15, 0.2) is 22.1 Å². The maximum absolute atomic E-state index is 13.9. The standard InChI is InChI=1S/C12H5BrF3N3S/c13-5-1-9-11(17-4-5)19(12(20)18-9)10-3-7(15)6(14)2-8(10)16/h1-4H,(H,18,20). The van der Waals surface area contributed by atoms with Gasteiger partial charge in [0.2, 0.25) is 0 Å². The number of benzene rings is 1. The van der Waals surface area contributed by atoms with E-state index >= 15 is 0 Å². The second-order valence-corrected chi connectivity index (χ2v) is 5.31. The predicted octanol–water partition coefficient (Wildman–Crippen LogP) is 4.26. The summed E-state index contributed by atoms with van der Waals surface area (Å²) in [6.45, 7) is 0. The summed E-state index contributed by atoms with van der Waals surface area (Å²) in [5.74, 6) is -3.34. The molecule has 102 valence electrons. The molecule has 2 heterocycles. The van der Waals surface area contributed by atoms with E-state index in [1.54, 1.807) is 6.07 Å². The fourth-order valence-corrected chi connectivity index (χ4v) is 2.50. The molecule has 0 aliphatic heterocycles. The Morgan fingerprint density at radius 2 is 1.80 bits per heavy atom. The second kappa shape index (κ2) is 4.71. The average molecular weight is 360 g/mol. The van der Waals surface area contributed by atoms with Gasteiger partial charge in [-0.3, -0.25) is 4.57 Å². The molecule has 0 unspecified atom stereocenters. The molecular formula is C12H5BrF3N3S. The first-order valence-corrected chi connectivity index (χ1v) is 6.58.